The third-order valence-electron chi connectivity index (χ3n) is 5.40. The van der Waals surface area contributed by atoms with Crippen molar-refractivity contribution in [3.8, 4) is 27.5 Å². The number of benzene rings is 1. The summed E-state index contributed by atoms with van der Waals surface area (Å²) in [5.41, 5.74) is 5.98. The highest BCUT2D eigenvalue weighted by molar-refractivity contribution is 7.19. The van der Waals surface area contributed by atoms with E-state index in [9.17, 15) is 14.7 Å². The van der Waals surface area contributed by atoms with Gasteiger partial charge < -0.3 is 10.4 Å². The lowest BCUT2D eigenvalue weighted by Crippen LogP contribution is -2.07. The zero-order valence-electron chi connectivity index (χ0n) is 17.7. The molecule has 8 nitrogen and oxygen atoms in total. The van der Waals surface area contributed by atoms with Crippen molar-refractivity contribution in [1.29, 1.82) is 0 Å². The van der Waals surface area contributed by atoms with Gasteiger partial charge in [0.2, 0.25) is 5.91 Å². The van der Waals surface area contributed by atoms with Crippen molar-refractivity contribution in [2.24, 2.45) is 0 Å². The van der Waals surface area contributed by atoms with Gasteiger partial charge in [-0.25, -0.2) is 14.5 Å². The molecule has 0 radical (unpaired) electrons. The van der Waals surface area contributed by atoms with E-state index in [2.05, 4.69) is 15.3 Å². The normalized spacial score (nSPS) is 12.2. The summed E-state index contributed by atoms with van der Waals surface area (Å²) in [6.07, 6.45) is 3.21. The first kappa shape index (κ1) is 21.3. The van der Waals surface area contributed by atoms with Gasteiger partial charge in [0.05, 0.1) is 38.2 Å². The van der Waals surface area contributed by atoms with E-state index in [0.29, 0.717) is 23.7 Å². The number of carbonyl (C=O) groups is 2. The van der Waals surface area contributed by atoms with E-state index in [1.54, 1.807) is 16.9 Å². The van der Waals surface area contributed by atoms with Crippen LogP contribution < -0.4 is 5.32 Å². The van der Waals surface area contributed by atoms with Gasteiger partial charge in [-0.3, -0.25) is 9.78 Å². The Labute approximate surface area is 197 Å². The first-order valence-corrected chi connectivity index (χ1v) is 11.4. The van der Waals surface area contributed by atoms with Gasteiger partial charge in [0.15, 0.2) is 5.13 Å². The number of aryl methyl sites for hydroxylation is 2. The molecule has 3 aromatic heterocycles. The van der Waals surface area contributed by atoms with Crippen molar-refractivity contribution >= 4 is 39.9 Å². The number of halogens is 1. The molecule has 1 amide bonds. The molecular formula is C23H18ClN5O3S. The van der Waals surface area contributed by atoms with E-state index in [1.807, 2.05) is 19.1 Å². The number of carbonyl (C=O) groups excluding carboxylic acids is 1. The zero-order valence-corrected chi connectivity index (χ0v) is 19.3. The quantitative estimate of drug-likeness (QED) is 0.436. The number of aromatic nitrogens is 4. The first-order valence-electron chi connectivity index (χ1n) is 10.2. The largest absolute Gasteiger partial charge is 0.478 e. The van der Waals surface area contributed by atoms with Crippen LogP contribution in [0.25, 0.3) is 27.5 Å². The van der Waals surface area contributed by atoms with Gasteiger partial charge in [0.25, 0.3) is 0 Å². The molecule has 4 aromatic rings. The average molecular weight is 480 g/mol. The Morgan fingerprint density at radius 3 is 2.70 bits per heavy atom. The predicted molar refractivity (Wildman–Crippen MR) is 126 cm³/mol. The summed E-state index contributed by atoms with van der Waals surface area (Å²) in [4.78, 5) is 32.9. The smallest absolute Gasteiger partial charge is 0.335 e. The number of hydrogen-bond acceptors (Lipinski definition) is 6. The lowest BCUT2D eigenvalue weighted by atomic mass is 9.95. The van der Waals surface area contributed by atoms with Crippen LogP contribution in [-0.2, 0) is 17.6 Å². The molecule has 10 heteroatoms. The summed E-state index contributed by atoms with van der Waals surface area (Å²) in [5, 5.41) is 17.8. The van der Waals surface area contributed by atoms with Crippen molar-refractivity contribution in [1.82, 2.24) is 19.7 Å². The Bertz CT molecular complexity index is 1420. The van der Waals surface area contributed by atoms with E-state index in [1.165, 1.54) is 30.4 Å². The molecule has 1 aliphatic carbocycles. The Kier molecular flexibility index (Phi) is 5.22. The number of amides is 1. The van der Waals surface area contributed by atoms with E-state index < -0.39 is 5.97 Å². The summed E-state index contributed by atoms with van der Waals surface area (Å²) in [6, 6.07) is 8.49. The Morgan fingerprint density at radius 2 is 2.03 bits per heavy atom. The SMILES string of the molecule is CC(=O)Nc1nc2c(s1)-c1c(c(-c3ccc(C)nc3)nn1-c1ccc(C(=O)O)cc1Cl)CC2. The van der Waals surface area contributed by atoms with Crippen LogP contribution in [-0.4, -0.2) is 36.7 Å². The summed E-state index contributed by atoms with van der Waals surface area (Å²) < 4.78 is 1.74. The maximum Gasteiger partial charge on any atom is 0.335 e. The zero-order chi connectivity index (χ0) is 23.3. The molecule has 0 saturated carbocycles. The van der Waals surface area contributed by atoms with Crippen LogP contribution in [0.3, 0.4) is 0 Å². The number of aromatic carboxylic acids is 1. The number of anilines is 1. The number of pyridine rings is 1. The second kappa shape index (κ2) is 8.09. The standard InChI is InChI=1S/C23H18ClN5O3S/c1-11-3-4-14(10-25-11)19-15-6-7-17-21(33-23(27-17)26-12(2)30)20(15)29(28-19)18-8-5-13(22(31)32)9-16(18)24/h3-5,8-10H,6-7H2,1-2H3,(H,31,32)(H,26,27,30). The third-order valence-corrected chi connectivity index (χ3v) is 6.72. The highest BCUT2D eigenvalue weighted by Gasteiger charge is 2.30. The molecule has 3 heterocycles. The fourth-order valence-electron chi connectivity index (χ4n) is 3.90. The highest BCUT2D eigenvalue weighted by atomic mass is 35.5. The van der Waals surface area contributed by atoms with Crippen molar-refractivity contribution in [3.63, 3.8) is 0 Å². The molecule has 2 N–H and O–H groups in total. The maximum absolute atomic E-state index is 11.6. The lowest BCUT2D eigenvalue weighted by Gasteiger charge is -2.15. The molecule has 1 aliphatic rings. The monoisotopic (exact) mass is 479 g/mol. The van der Waals surface area contributed by atoms with Gasteiger partial charge in [-0.1, -0.05) is 22.9 Å². The van der Waals surface area contributed by atoms with Crippen LogP contribution >= 0.6 is 22.9 Å². The molecule has 0 saturated heterocycles. The topological polar surface area (TPSA) is 110 Å². The molecule has 0 aliphatic heterocycles. The maximum atomic E-state index is 11.6. The number of rotatable bonds is 4. The minimum Gasteiger partial charge on any atom is -0.478 e. The number of nitrogens with one attached hydrogen (secondary N) is 1. The Hall–Kier alpha value is -3.56. The van der Waals surface area contributed by atoms with Crippen LogP contribution in [0.4, 0.5) is 5.13 Å². The molecule has 0 fully saturated rings. The number of nitrogens with zero attached hydrogens (tertiary/aromatic N) is 4. The number of fused-ring (bicyclic) bond motifs is 3. The van der Waals surface area contributed by atoms with Gasteiger partial charge in [-0.05, 0) is 50.1 Å². The predicted octanol–water partition coefficient (Wildman–Crippen LogP) is 4.77. The van der Waals surface area contributed by atoms with Gasteiger partial charge in [-0.15, -0.1) is 0 Å². The lowest BCUT2D eigenvalue weighted by molar-refractivity contribution is -0.114. The molecular weight excluding hydrogens is 462 g/mol. The van der Waals surface area contributed by atoms with Gasteiger partial charge >= 0.3 is 5.97 Å². The molecule has 33 heavy (non-hydrogen) atoms. The number of hydrogen-bond donors (Lipinski definition) is 2. The van der Waals surface area contributed by atoms with Crippen molar-refractivity contribution < 1.29 is 14.7 Å². The summed E-state index contributed by atoms with van der Waals surface area (Å²) in [5.74, 6) is -1.24. The molecule has 0 atom stereocenters. The number of carboxylic acids is 1. The van der Waals surface area contributed by atoms with E-state index >= 15 is 0 Å². The van der Waals surface area contributed by atoms with Gasteiger partial charge in [0.1, 0.15) is 0 Å². The first-order chi connectivity index (χ1) is 15.8. The van der Waals surface area contributed by atoms with Crippen LogP contribution in [0, 0.1) is 6.92 Å². The van der Waals surface area contributed by atoms with Gasteiger partial charge in [0, 0.05) is 29.9 Å². The fourth-order valence-corrected chi connectivity index (χ4v) is 5.28. The van der Waals surface area contributed by atoms with Crippen molar-refractivity contribution in [2.45, 2.75) is 26.7 Å². The summed E-state index contributed by atoms with van der Waals surface area (Å²) in [7, 11) is 0. The molecule has 0 bridgehead atoms. The van der Waals surface area contributed by atoms with Crippen LogP contribution in [0.15, 0.2) is 36.5 Å². The Balaban J connectivity index is 1.74. The van der Waals surface area contributed by atoms with E-state index in [4.69, 9.17) is 16.7 Å². The van der Waals surface area contributed by atoms with E-state index in [-0.39, 0.29) is 16.5 Å². The minimum absolute atomic E-state index is 0.0964. The van der Waals surface area contributed by atoms with E-state index in [0.717, 1.165) is 38.8 Å². The Morgan fingerprint density at radius 1 is 1.21 bits per heavy atom. The highest BCUT2D eigenvalue weighted by Crippen LogP contribution is 2.44. The second-order valence-corrected chi connectivity index (χ2v) is 9.13. The second-order valence-electron chi connectivity index (χ2n) is 7.72. The van der Waals surface area contributed by atoms with Crippen molar-refractivity contribution in [3.05, 3.63) is 64.1 Å². The minimum atomic E-state index is -1.05. The van der Waals surface area contributed by atoms with Crippen LogP contribution in [0.2, 0.25) is 5.02 Å². The molecule has 5 rings (SSSR count). The average Bonchev–Trinajstić information content (AvgIpc) is 3.34. The number of carboxylic acid groups (broad SMARTS) is 1. The number of thiazole rings is 1. The van der Waals surface area contributed by atoms with Crippen molar-refractivity contribution in [2.75, 3.05) is 5.32 Å². The molecule has 166 valence electrons. The summed E-state index contributed by atoms with van der Waals surface area (Å²) >= 11 is 7.91. The van der Waals surface area contributed by atoms with Gasteiger partial charge in [-0.2, -0.15) is 5.10 Å². The fraction of sp³-hybridized carbons (Fsp3) is 0.174. The molecule has 1 aromatic carbocycles. The third kappa shape index (κ3) is 3.79. The molecule has 0 unspecified atom stereocenters. The summed E-state index contributed by atoms with van der Waals surface area (Å²) in [6.45, 7) is 3.37. The van der Waals surface area contributed by atoms with Crippen LogP contribution in [0.1, 0.15) is 34.2 Å². The molecule has 0 spiro atoms. The van der Waals surface area contributed by atoms with Crippen LogP contribution in [0.5, 0.6) is 0 Å².